The molecule has 5 atom stereocenters. The molecule has 0 aliphatic heterocycles. The van der Waals surface area contributed by atoms with Gasteiger partial charge in [0, 0.05) is 34.9 Å². The summed E-state index contributed by atoms with van der Waals surface area (Å²) >= 11 is 13.0. The number of aromatic nitrogens is 3. The zero-order valence-corrected chi connectivity index (χ0v) is 32.2. The van der Waals surface area contributed by atoms with E-state index in [1.807, 2.05) is 65.0 Å². The lowest BCUT2D eigenvalue weighted by molar-refractivity contribution is -0.134. The summed E-state index contributed by atoms with van der Waals surface area (Å²) in [6, 6.07) is 11.7. The zero-order valence-electron chi connectivity index (χ0n) is 30.7. The van der Waals surface area contributed by atoms with Crippen molar-refractivity contribution >= 4 is 57.9 Å². The Morgan fingerprint density at radius 2 is 1.75 bits per heavy atom. The van der Waals surface area contributed by atoms with Crippen molar-refractivity contribution < 1.29 is 33.2 Å². The molecular weight excluding hydrogens is 721 g/mol. The van der Waals surface area contributed by atoms with Gasteiger partial charge in [-0.25, -0.2) is 9.59 Å². The van der Waals surface area contributed by atoms with Crippen molar-refractivity contribution in [3.63, 3.8) is 0 Å². The number of rotatable bonds is 16. The monoisotopic (exact) mass is 767 g/mol. The molecule has 1 aliphatic rings. The molecule has 284 valence electrons. The maximum absolute atomic E-state index is 14.9. The van der Waals surface area contributed by atoms with Crippen LogP contribution in [0.2, 0.25) is 10.0 Å². The summed E-state index contributed by atoms with van der Waals surface area (Å²) in [6.07, 6.45) is 1.88. The summed E-state index contributed by atoms with van der Waals surface area (Å²) in [7, 11) is 0. The molecule has 2 aromatic heterocycles. The number of ether oxygens (including phenoxy) is 2. The molecule has 14 heteroatoms. The first kappa shape index (κ1) is 39.8. The SMILES string of the molecule is CCCOC(=O)c1noc([C@@H](CC(=O)[C@@]2(NC(=O)[C@@H](NC(=O)OCc3ccccc3)C(C)CC)CCc3[nH]c4c(Cl)cc(Cl)cc4c3C2)C(C)CC)n1. The molecular formula is C39H47Cl2N5O7. The van der Waals surface area contributed by atoms with Gasteiger partial charge in [0.1, 0.15) is 18.2 Å². The number of H-pyrrole nitrogens is 1. The third-order valence-electron chi connectivity index (χ3n) is 10.3. The van der Waals surface area contributed by atoms with Gasteiger partial charge in [-0.3, -0.25) is 9.59 Å². The Labute approximate surface area is 319 Å². The number of ketones is 1. The smallest absolute Gasteiger partial charge is 0.408 e. The second-order valence-electron chi connectivity index (χ2n) is 13.9. The van der Waals surface area contributed by atoms with Gasteiger partial charge in [0.15, 0.2) is 5.78 Å². The first-order valence-electron chi connectivity index (χ1n) is 18.2. The summed E-state index contributed by atoms with van der Waals surface area (Å²) in [5, 5.41) is 11.4. The molecule has 2 aromatic carbocycles. The van der Waals surface area contributed by atoms with E-state index < -0.39 is 35.5 Å². The van der Waals surface area contributed by atoms with Gasteiger partial charge >= 0.3 is 12.1 Å². The third kappa shape index (κ3) is 9.21. The minimum atomic E-state index is -1.40. The number of nitrogens with one attached hydrogen (secondary N) is 3. The van der Waals surface area contributed by atoms with Gasteiger partial charge in [0.25, 0.3) is 5.82 Å². The van der Waals surface area contributed by atoms with E-state index in [9.17, 15) is 19.2 Å². The van der Waals surface area contributed by atoms with Gasteiger partial charge < -0.3 is 29.6 Å². The van der Waals surface area contributed by atoms with Gasteiger partial charge in [-0.05, 0) is 59.5 Å². The molecule has 3 N–H and O–H groups in total. The molecule has 0 saturated heterocycles. The van der Waals surface area contributed by atoms with E-state index >= 15 is 0 Å². The van der Waals surface area contributed by atoms with Crippen molar-refractivity contribution in [1.82, 2.24) is 25.8 Å². The van der Waals surface area contributed by atoms with Gasteiger partial charge in [-0.2, -0.15) is 4.98 Å². The minimum absolute atomic E-state index is 0.0309. The Morgan fingerprint density at radius 1 is 1.02 bits per heavy atom. The Bertz CT molecular complexity index is 1930. The number of carbonyl (C=O) groups is 4. The molecule has 4 aromatic rings. The van der Waals surface area contributed by atoms with Crippen molar-refractivity contribution in [2.75, 3.05) is 6.61 Å². The third-order valence-corrected chi connectivity index (χ3v) is 10.8. The fraction of sp³-hybridized carbons (Fsp3) is 0.487. The number of alkyl carbamates (subject to hydrolysis) is 1. The first-order valence-corrected chi connectivity index (χ1v) is 19.0. The maximum atomic E-state index is 14.9. The minimum Gasteiger partial charge on any atom is -0.460 e. The highest BCUT2D eigenvalue weighted by Gasteiger charge is 2.46. The second-order valence-corrected chi connectivity index (χ2v) is 14.8. The molecule has 0 spiro atoms. The number of esters is 1. The maximum Gasteiger partial charge on any atom is 0.408 e. The number of halogens is 2. The Hall–Kier alpha value is -4.42. The van der Waals surface area contributed by atoms with Crippen molar-refractivity contribution in [3.05, 3.63) is 81.0 Å². The number of aryl methyl sites for hydroxylation is 1. The molecule has 1 aliphatic carbocycles. The predicted molar refractivity (Wildman–Crippen MR) is 201 cm³/mol. The van der Waals surface area contributed by atoms with Gasteiger partial charge in [-0.15, -0.1) is 0 Å². The normalized spacial score (nSPS) is 17.6. The molecule has 2 amide bonds. The van der Waals surface area contributed by atoms with Gasteiger partial charge in [0.2, 0.25) is 11.8 Å². The lowest BCUT2D eigenvalue weighted by atomic mass is 9.73. The van der Waals surface area contributed by atoms with Crippen LogP contribution in [0.15, 0.2) is 47.0 Å². The highest BCUT2D eigenvalue weighted by atomic mass is 35.5. The molecule has 2 unspecified atom stereocenters. The Morgan fingerprint density at radius 3 is 2.45 bits per heavy atom. The quantitative estimate of drug-likeness (QED) is 0.0961. The van der Waals surface area contributed by atoms with Crippen molar-refractivity contribution in [1.29, 1.82) is 0 Å². The van der Waals surface area contributed by atoms with Crippen LogP contribution in [0.4, 0.5) is 4.79 Å². The average Bonchev–Trinajstić information content (AvgIpc) is 3.79. The van der Waals surface area contributed by atoms with E-state index in [0.29, 0.717) is 41.2 Å². The molecule has 0 bridgehead atoms. The molecule has 0 saturated carbocycles. The van der Waals surface area contributed by atoms with E-state index in [4.69, 9.17) is 37.2 Å². The summed E-state index contributed by atoms with van der Waals surface area (Å²) in [4.78, 5) is 62.6. The summed E-state index contributed by atoms with van der Waals surface area (Å²) in [5.74, 6) is -2.52. The van der Waals surface area contributed by atoms with Crippen LogP contribution in [-0.4, -0.2) is 57.1 Å². The number of amides is 2. The van der Waals surface area contributed by atoms with Crippen LogP contribution in [-0.2, 0) is 38.5 Å². The van der Waals surface area contributed by atoms with Crippen LogP contribution in [0.3, 0.4) is 0 Å². The fourth-order valence-corrected chi connectivity index (χ4v) is 7.27. The fourth-order valence-electron chi connectivity index (χ4n) is 6.73. The van der Waals surface area contributed by atoms with Crippen molar-refractivity contribution in [2.24, 2.45) is 11.8 Å². The highest BCUT2D eigenvalue weighted by molar-refractivity contribution is 6.38. The van der Waals surface area contributed by atoms with Crippen molar-refractivity contribution in [3.8, 4) is 0 Å². The van der Waals surface area contributed by atoms with Crippen LogP contribution >= 0.6 is 23.2 Å². The number of carbonyl (C=O) groups excluding carboxylic acids is 4. The van der Waals surface area contributed by atoms with Crippen LogP contribution in [0.5, 0.6) is 0 Å². The van der Waals surface area contributed by atoms with E-state index in [-0.39, 0.29) is 61.8 Å². The van der Waals surface area contributed by atoms with Gasteiger partial charge in [0.05, 0.1) is 17.1 Å². The number of benzene rings is 2. The molecule has 2 heterocycles. The molecule has 0 radical (unpaired) electrons. The summed E-state index contributed by atoms with van der Waals surface area (Å²) in [5.41, 5.74) is 1.81. The number of aromatic amines is 1. The second kappa shape index (κ2) is 17.6. The highest BCUT2D eigenvalue weighted by Crippen LogP contribution is 2.40. The van der Waals surface area contributed by atoms with Crippen LogP contribution in [0, 0.1) is 11.8 Å². The number of hydrogen-bond donors (Lipinski definition) is 3. The molecule has 12 nitrogen and oxygen atoms in total. The molecule has 0 fully saturated rings. The lowest BCUT2D eigenvalue weighted by Crippen LogP contribution is -2.62. The van der Waals surface area contributed by atoms with Crippen LogP contribution in [0.25, 0.3) is 10.9 Å². The summed E-state index contributed by atoms with van der Waals surface area (Å²) in [6.45, 7) is 9.84. The first-order chi connectivity index (χ1) is 25.4. The predicted octanol–water partition coefficient (Wildman–Crippen LogP) is 7.90. The van der Waals surface area contributed by atoms with E-state index in [1.54, 1.807) is 12.1 Å². The number of hydrogen-bond acceptors (Lipinski definition) is 9. The topological polar surface area (TPSA) is 166 Å². The standard InChI is InChI=1S/C39H47Cl2N5O7/c1-6-16-51-37(49)34-44-36(53-46-34)26(22(4)7-2)19-31(47)39(15-14-30-28(20-39)27-17-25(40)18-29(41)33(27)42-30)45-35(48)32(23(5)8-3)43-38(50)52-21-24-12-10-9-11-13-24/h9-13,17-18,22-23,26,32,42H,6-8,14-16,19-21H2,1-5H3,(H,43,50)(H,45,48)/t22?,23?,26-,32-,39+/m0/s1. The van der Waals surface area contributed by atoms with Crippen molar-refractivity contribution in [2.45, 2.75) is 104 Å². The Balaban J connectivity index is 1.48. The van der Waals surface area contributed by atoms with Crippen LogP contribution in [0.1, 0.15) is 106 Å². The van der Waals surface area contributed by atoms with Gasteiger partial charge in [-0.1, -0.05) is 101 Å². The number of Topliss-reactive ketones (excluding diaryl/α,β-unsaturated/α-hetero) is 1. The zero-order chi connectivity index (χ0) is 38.3. The van der Waals surface area contributed by atoms with Crippen LogP contribution < -0.4 is 10.6 Å². The Kier molecular flexibility index (Phi) is 13.2. The molecule has 53 heavy (non-hydrogen) atoms. The van der Waals surface area contributed by atoms with E-state index in [1.165, 1.54) is 0 Å². The van der Waals surface area contributed by atoms with E-state index in [2.05, 4.69) is 25.8 Å². The van der Waals surface area contributed by atoms with E-state index in [0.717, 1.165) is 22.2 Å². The summed E-state index contributed by atoms with van der Waals surface area (Å²) < 4.78 is 16.2. The number of nitrogens with zero attached hydrogens (tertiary/aromatic N) is 2. The molecule has 5 rings (SSSR count). The number of fused-ring (bicyclic) bond motifs is 3. The lowest BCUT2D eigenvalue weighted by Gasteiger charge is -2.39. The average molecular weight is 769 g/mol. The largest absolute Gasteiger partial charge is 0.460 e.